The van der Waals surface area contributed by atoms with Gasteiger partial charge in [-0.3, -0.25) is 9.59 Å². The van der Waals surface area contributed by atoms with Gasteiger partial charge in [0.15, 0.2) is 0 Å². The van der Waals surface area contributed by atoms with Crippen LogP contribution in [-0.4, -0.2) is 35.8 Å². The molecule has 1 atom stereocenters. The van der Waals surface area contributed by atoms with E-state index in [1.807, 2.05) is 13.0 Å². The van der Waals surface area contributed by atoms with Gasteiger partial charge in [-0.1, -0.05) is 48.3 Å². The normalized spacial score (nSPS) is 16.0. The average molecular weight is 503 g/mol. The molecule has 0 aromatic heterocycles. The lowest BCUT2D eigenvalue weighted by molar-refractivity contribution is -0.140. The first-order valence-electron chi connectivity index (χ1n) is 11.3. The highest BCUT2D eigenvalue weighted by Gasteiger charge is 2.37. The molecule has 0 aliphatic carbocycles. The second-order valence-electron chi connectivity index (χ2n) is 8.09. The Bertz CT molecular complexity index is 1130. The number of rotatable bonds is 8. The van der Waals surface area contributed by atoms with E-state index in [2.05, 4.69) is 5.32 Å². The first-order valence-corrected chi connectivity index (χ1v) is 12.0. The van der Waals surface area contributed by atoms with E-state index in [1.165, 1.54) is 0 Å². The van der Waals surface area contributed by atoms with E-state index in [0.29, 0.717) is 33.4 Å². The molecule has 6 nitrogen and oxygen atoms in total. The predicted molar refractivity (Wildman–Crippen MR) is 133 cm³/mol. The molecule has 0 bridgehead atoms. The van der Waals surface area contributed by atoms with E-state index in [0.717, 1.165) is 17.5 Å². The topological polar surface area (TPSA) is 75.7 Å². The monoisotopic (exact) mass is 502 g/mol. The summed E-state index contributed by atoms with van der Waals surface area (Å²) in [5.74, 6) is -1.26. The van der Waals surface area contributed by atoms with Crippen molar-refractivity contribution >= 4 is 41.0 Å². The van der Waals surface area contributed by atoms with Gasteiger partial charge in [-0.05, 0) is 55.7 Å². The molecule has 0 fully saturated rings. The second-order valence-corrected chi connectivity index (χ2v) is 8.90. The summed E-state index contributed by atoms with van der Waals surface area (Å²) in [4.78, 5) is 40.1. The van der Waals surface area contributed by atoms with Crippen LogP contribution in [0.1, 0.15) is 61.0 Å². The lowest BCUT2D eigenvalue weighted by atomic mass is 9.83. The third-order valence-corrected chi connectivity index (χ3v) is 6.47. The highest BCUT2D eigenvalue weighted by Crippen LogP contribution is 2.39. The molecule has 180 valence electrons. The number of nitrogens with one attached hydrogen (secondary N) is 1. The quantitative estimate of drug-likeness (QED) is 0.484. The first kappa shape index (κ1) is 25.8. The van der Waals surface area contributed by atoms with Crippen molar-refractivity contribution in [3.05, 3.63) is 80.5 Å². The molecule has 0 spiro atoms. The van der Waals surface area contributed by atoms with Crippen molar-refractivity contribution in [1.82, 2.24) is 10.2 Å². The minimum Gasteiger partial charge on any atom is -0.463 e. The predicted octanol–water partition coefficient (Wildman–Crippen LogP) is 5.49. The lowest BCUT2D eigenvalue weighted by Crippen LogP contribution is -2.38. The van der Waals surface area contributed by atoms with E-state index < -0.39 is 11.9 Å². The molecular weight excluding hydrogens is 475 g/mol. The SMILES string of the molecule is CCCNC(=O)c1cccc(CN2C(=O)C[C@@H](c3ccc(Cl)c(Cl)c3)C(C(=O)OCC)=C2C)c1. The molecule has 1 aliphatic rings. The highest BCUT2D eigenvalue weighted by atomic mass is 35.5. The number of carbonyl (C=O) groups excluding carboxylic acids is 3. The molecule has 0 radical (unpaired) electrons. The van der Waals surface area contributed by atoms with E-state index in [9.17, 15) is 14.4 Å². The second kappa shape index (κ2) is 11.5. The van der Waals surface area contributed by atoms with Gasteiger partial charge in [0.05, 0.1) is 28.8 Å². The number of allylic oxidation sites excluding steroid dienone is 1. The number of benzene rings is 2. The number of halogens is 2. The van der Waals surface area contributed by atoms with Crippen LogP contribution in [0.5, 0.6) is 0 Å². The summed E-state index contributed by atoms with van der Waals surface area (Å²) in [6.07, 6.45) is 0.925. The van der Waals surface area contributed by atoms with Crippen LogP contribution in [0.25, 0.3) is 0 Å². The van der Waals surface area contributed by atoms with Crippen LogP contribution in [0.3, 0.4) is 0 Å². The van der Waals surface area contributed by atoms with Crippen molar-refractivity contribution in [2.75, 3.05) is 13.2 Å². The van der Waals surface area contributed by atoms with Crippen LogP contribution in [0.4, 0.5) is 0 Å². The zero-order valence-electron chi connectivity index (χ0n) is 19.5. The maximum atomic E-state index is 13.2. The maximum Gasteiger partial charge on any atom is 0.336 e. The van der Waals surface area contributed by atoms with Gasteiger partial charge in [0.25, 0.3) is 5.91 Å². The van der Waals surface area contributed by atoms with Crippen LogP contribution < -0.4 is 5.32 Å². The standard InChI is InChI=1S/C26H28Cl2N2O4/c1-4-11-29-25(32)19-8-6-7-17(12-19)15-30-16(3)24(26(33)34-5-2)20(14-23(30)31)18-9-10-21(27)22(28)13-18/h6-10,12-13,20H,4-5,11,14-15H2,1-3H3,(H,29,32)/t20-/m0/s1. The maximum absolute atomic E-state index is 13.2. The Morgan fingerprint density at radius 2 is 1.88 bits per heavy atom. The molecule has 0 unspecified atom stereocenters. The molecule has 2 amide bonds. The summed E-state index contributed by atoms with van der Waals surface area (Å²) < 4.78 is 5.33. The summed E-state index contributed by atoms with van der Waals surface area (Å²) >= 11 is 12.3. The zero-order valence-corrected chi connectivity index (χ0v) is 21.0. The molecule has 34 heavy (non-hydrogen) atoms. The minimum atomic E-state index is -0.497. The Balaban J connectivity index is 1.96. The fourth-order valence-corrected chi connectivity index (χ4v) is 4.33. The van der Waals surface area contributed by atoms with Gasteiger partial charge in [-0.25, -0.2) is 4.79 Å². The Labute approximate surface area is 209 Å². The number of esters is 1. The number of hydrogen-bond donors (Lipinski definition) is 1. The van der Waals surface area contributed by atoms with Gasteiger partial charge in [0.1, 0.15) is 0 Å². The van der Waals surface area contributed by atoms with Crippen molar-refractivity contribution in [2.45, 2.75) is 46.1 Å². The smallest absolute Gasteiger partial charge is 0.336 e. The summed E-state index contributed by atoms with van der Waals surface area (Å²) in [6, 6.07) is 12.2. The van der Waals surface area contributed by atoms with Crippen molar-refractivity contribution in [1.29, 1.82) is 0 Å². The Kier molecular flexibility index (Phi) is 8.75. The number of hydrogen-bond acceptors (Lipinski definition) is 4. The van der Waals surface area contributed by atoms with E-state index >= 15 is 0 Å². The van der Waals surface area contributed by atoms with Gasteiger partial charge in [-0.2, -0.15) is 0 Å². The molecule has 1 N–H and O–H groups in total. The summed E-state index contributed by atoms with van der Waals surface area (Å²) in [6.45, 7) is 6.51. The summed E-state index contributed by atoms with van der Waals surface area (Å²) in [5, 5.41) is 3.61. The fourth-order valence-electron chi connectivity index (χ4n) is 4.02. The molecule has 2 aromatic rings. The van der Waals surface area contributed by atoms with Crippen LogP contribution in [0, 0.1) is 0 Å². The molecule has 3 rings (SSSR count). The molecule has 1 aliphatic heterocycles. The number of ether oxygens (including phenoxy) is 1. The van der Waals surface area contributed by atoms with Crippen LogP contribution >= 0.6 is 23.2 Å². The van der Waals surface area contributed by atoms with Gasteiger partial charge >= 0.3 is 5.97 Å². The Morgan fingerprint density at radius 1 is 1.12 bits per heavy atom. The van der Waals surface area contributed by atoms with Crippen molar-refractivity contribution in [2.24, 2.45) is 0 Å². The lowest BCUT2D eigenvalue weighted by Gasteiger charge is -2.34. The van der Waals surface area contributed by atoms with Crippen molar-refractivity contribution < 1.29 is 19.1 Å². The highest BCUT2D eigenvalue weighted by molar-refractivity contribution is 6.42. The molecule has 1 heterocycles. The molecule has 0 saturated carbocycles. The third kappa shape index (κ3) is 5.80. The van der Waals surface area contributed by atoms with Gasteiger partial charge < -0.3 is 15.0 Å². The largest absolute Gasteiger partial charge is 0.463 e. The number of carbonyl (C=O) groups is 3. The molecule has 8 heteroatoms. The third-order valence-electron chi connectivity index (χ3n) is 5.73. The van der Waals surface area contributed by atoms with Crippen molar-refractivity contribution in [3.8, 4) is 0 Å². The van der Waals surface area contributed by atoms with Crippen LogP contribution in [0.2, 0.25) is 10.0 Å². The summed E-state index contributed by atoms with van der Waals surface area (Å²) in [7, 11) is 0. The van der Waals surface area contributed by atoms with E-state index in [4.69, 9.17) is 27.9 Å². The fraction of sp³-hybridized carbons (Fsp3) is 0.346. The summed E-state index contributed by atoms with van der Waals surface area (Å²) in [5.41, 5.74) is 2.96. The zero-order chi connectivity index (χ0) is 24.8. The molecule has 0 saturated heterocycles. The number of nitrogens with zero attached hydrogens (tertiary/aromatic N) is 1. The van der Waals surface area contributed by atoms with E-state index in [-0.39, 0.29) is 31.4 Å². The Hall–Kier alpha value is -2.83. The molecular formula is C26H28Cl2N2O4. The first-order chi connectivity index (χ1) is 16.3. The average Bonchev–Trinajstić information content (AvgIpc) is 2.81. The van der Waals surface area contributed by atoms with E-state index in [1.54, 1.807) is 55.1 Å². The van der Waals surface area contributed by atoms with Crippen LogP contribution in [-0.2, 0) is 20.9 Å². The van der Waals surface area contributed by atoms with Crippen LogP contribution in [0.15, 0.2) is 53.7 Å². The Morgan fingerprint density at radius 3 is 2.56 bits per heavy atom. The van der Waals surface area contributed by atoms with Gasteiger partial charge in [0, 0.05) is 30.1 Å². The number of amides is 2. The van der Waals surface area contributed by atoms with Crippen molar-refractivity contribution in [3.63, 3.8) is 0 Å². The molecule has 2 aromatic carbocycles. The van der Waals surface area contributed by atoms with Gasteiger partial charge in [-0.15, -0.1) is 0 Å². The van der Waals surface area contributed by atoms with Gasteiger partial charge in [0.2, 0.25) is 5.91 Å². The minimum absolute atomic E-state index is 0.0835.